The molecule has 2 fully saturated rings. The molecule has 1 saturated heterocycles. The first kappa shape index (κ1) is 11.7. The molecule has 1 aromatic heterocycles. The van der Waals surface area contributed by atoms with E-state index < -0.39 is 0 Å². The zero-order valence-corrected chi connectivity index (χ0v) is 10.6. The SMILES string of the molecule is Cc1cc(C(=O)N2CCO[C@@H]3CCCC[C@@H]32)no1. The number of fused-ring (bicyclic) bond motifs is 1. The van der Waals surface area contributed by atoms with E-state index in [1.54, 1.807) is 13.0 Å². The molecule has 5 nitrogen and oxygen atoms in total. The van der Waals surface area contributed by atoms with Gasteiger partial charge in [0.2, 0.25) is 0 Å². The summed E-state index contributed by atoms with van der Waals surface area (Å²) in [5.74, 6) is 0.652. The van der Waals surface area contributed by atoms with Crippen LogP contribution < -0.4 is 0 Å². The van der Waals surface area contributed by atoms with Gasteiger partial charge in [-0.15, -0.1) is 0 Å². The van der Waals surface area contributed by atoms with Gasteiger partial charge in [-0.25, -0.2) is 0 Å². The maximum Gasteiger partial charge on any atom is 0.276 e. The average Bonchev–Trinajstić information content (AvgIpc) is 2.84. The van der Waals surface area contributed by atoms with Crippen LogP contribution in [-0.4, -0.2) is 41.3 Å². The van der Waals surface area contributed by atoms with Crippen molar-refractivity contribution in [2.24, 2.45) is 0 Å². The summed E-state index contributed by atoms with van der Waals surface area (Å²) >= 11 is 0. The second-order valence-corrected chi connectivity index (χ2v) is 5.08. The summed E-state index contributed by atoms with van der Waals surface area (Å²) in [4.78, 5) is 14.3. The van der Waals surface area contributed by atoms with Crippen LogP contribution in [0.1, 0.15) is 41.9 Å². The Labute approximate surface area is 106 Å². The van der Waals surface area contributed by atoms with Crippen molar-refractivity contribution < 1.29 is 14.1 Å². The van der Waals surface area contributed by atoms with Crippen LogP contribution in [-0.2, 0) is 4.74 Å². The van der Waals surface area contributed by atoms with Crippen molar-refractivity contribution in [2.75, 3.05) is 13.2 Å². The molecule has 0 aromatic carbocycles. The van der Waals surface area contributed by atoms with Crippen LogP contribution in [0, 0.1) is 6.92 Å². The van der Waals surface area contributed by atoms with Crippen LogP contribution in [0.5, 0.6) is 0 Å². The zero-order chi connectivity index (χ0) is 12.5. The molecular formula is C13H18N2O3. The van der Waals surface area contributed by atoms with E-state index in [1.165, 1.54) is 12.8 Å². The molecule has 0 bridgehead atoms. The van der Waals surface area contributed by atoms with Gasteiger partial charge in [0, 0.05) is 12.6 Å². The molecule has 2 atom stereocenters. The van der Waals surface area contributed by atoms with E-state index in [2.05, 4.69) is 5.16 Å². The Morgan fingerprint density at radius 3 is 3.06 bits per heavy atom. The van der Waals surface area contributed by atoms with Crippen molar-refractivity contribution >= 4 is 5.91 Å². The summed E-state index contributed by atoms with van der Waals surface area (Å²) in [5.41, 5.74) is 0.415. The van der Waals surface area contributed by atoms with Crippen molar-refractivity contribution in [3.8, 4) is 0 Å². The number of aromatic nitrogens is 1. The molecule has 18 heavy (non-hydrogen) atoms. The van der Waals surface area contributed by atoms with Gasteiger partial charge in [0.1, 0.15) is 5.76 Å². The summed E-state index contributed by atoms with van der Waals surface area (Å²) in [6.45, 7) is 3.09. The molecule has 98 valence electrons. The average molecular weight is 250 g/mol. The summed E-state index contributed by atoms with van der Waals surface area (Å²) in [6.07, 6.45) is 4.68. The van der Waals surface area contributed by atoms with Gasteiger partial charge in [0.15, 0.2) is 5.69 Å². The molecule has 0 N–H and O–H groups in total. The maximum absolute atomic E-state index is 12.4. The number of morpholine rings is 1. The lowest BCUT2D eigenvalue weighted by Gasteiger charge is -2.43. The standard InChI is InChI=1S/C13H18N2O3/c1-9-8-10(14-18-9)13(16)15-6-7-17-12-5-3-2-4-11(12)15/h8,11-12H,2-7H2,1H3/t11-,12+/m0/s1. The number of hydrogen-bond acceptors (Lipinski definition) is 4. The molecule has 1 saturated carbocycles. The van der Waals surface area contributed by atoms with Crippen molar-refractivity contribution in [1.29, 1.82) is 0 Å². The van der Waals surface area contributed by atoms with E-state index in [0.717, 1.165) is 12.8 Å². The highest BCUT2D eigenvalue weighted by molar-refractivity contribution is 5.92. The number of carbonyl (C=O) groups is 1. The molecule has 0 radical (unpaired) electrons. The van der Waals surface area contributed by atoms with E-state index in [-0.39, 0.29) is 18.1 Å². The number of aryl methyl sites for hydroxylation is 1. The first-order valence-electron chi connectivity index (χ1n) is 6.61. The lowest BCUT2D eigenvalue weighted by atomic mass is 9.90. The van der Waals surface area contributed by atoms with E-state index in [0.29, 0.717) is 24.6 Å². The molecule has 5 heteroatoms. The van der Waals surface area contributed by atoms with Gasteiger partial charge < -0.3 is 14.2 Å². The Morgan fingerprint density at radius 2 is 2.28 bits per heavy atom. The lowest BCUT2D eigenvalue weighted by Crippen LogP contribution is -2.54. The van der Waals surface area contributed by atoms with E-state index in [9.17, 15) is 4.79 Å². The van der Waals surface area contributed by atoms with Gasteiger partial charge in [0.25, 0.3) is 5.91 Å². The second-order valence-electron chi connectivity index (χ2n) is 5.08. The minimum atomic E-state index is -0.0212. The normalized spacial score (nSPS) is 27.9. The van der Waals surface area contributed by atoms with Crippen LogP contribution in [0.15, 0.2) is 10.6 Å². The summed E-state index contributed by atoms with van der Waals surface area (Å²) in [5, 5.41) is 3.82. The molecule has 1 amide bonds. The summed E-state index contributed by atoms with van der Waals surface area (Å²) in [6, 6.07) is 1.92. The van der Waals surface area contributed by atoms with Crippen molar-refractivity contribution in [3.05, 3.63) is 17.5 Å². The molecule has 3 rings (SSSR count). The fourth-order valence-electron chi connectivity index (χ4n) is 2.96. The molecule has 0 spiro atoms. The van der Waals surface area contributed by atoms with E-state index in [4.69, 9.17) is 9.26 Å². The Kier molecular flexibility index (Phi) is 3.07. The smallest absolute Gasteiger partial charge is 0.276 e. The lowest BCUT2D eigenvalue weighted by molar-refractivity contribution is -0.0755. The third kappa shape index (κ3) is 2.03. The van der Waals surface area contributed by atoms with Crippen molar-refractivity contribution in [2.45, 2.75) is 44.8 Å². The topological polar surface area (TPSA) is 55.6 Å². The Hall–Kier alpha value is -1.36. The van der Waals surface area contributed by atoms with Crippen LogP contribution >= 0.6 is 0 Å². The first-order valence-corrected chi connectivity index (χ1v) is 6.61. The van der Waals surface area contributed by atoms with Crippen LogP contribution in [0.4, 0.5) is 0 Å². The Morgan fingerprint density at radius 1 is 1.44 bits per heavy atom. The number of rotatable bonds is 1. The highest BCUT2D eigenvalue weighted by atomic mass is 16.5. The van der Waals surface area contributed by atoms with Crippen LogP contribution in [0.2, 0.25) is 0 Å². The highest BCUT2D eigenvalue weighted by Gasteiger charge is 2.37. The monoisotopic (exact) mass is 250 g/mol. The second kappa shape index (κ2) is 4.72. The van der Waals surface area contributed by atoms with E-state index >= 15 is 0 Å². The number of amides is 1. The molecule has 1 aromatic rings. The van der Waals surface area contributed by atoms with Crippen molar-refractivity contribution in [1.82, 2.24) is 10.1 Å². The molecule has 1 aliphatic carbocycles. The van der Waals surface area contributed by atoms with Gasteiger partial charge >= 0.3 is 0 Å². The van der Waals surface area contributed by atoms with Gasteiger partial charge in [-0.1, -0.05) is 18.0 Å². The van der Waals surface area contributed by atoms with Crippen molar-refractivity contribution in [3.63, 3.8) is 0 Å². The zero-order valence-electron chi connectivity index (χ0n) is 10.6. The molecule has 2 heterocycles. The fourth-order valence-corrected chi connectivity index (χ4v) is 2.96. The summed E-state index contributed by atoms with van der Waals surface area (Å²) < 4.78 is 10.7. The maximum atomic E-state index is 12.4. The Bertz CT molecular complexity index is 441. The quantitative estimate of drug-likeness (QED) is 0.762. The summed E-state index contributed by atoms with van der Waals surface area (Å²) in [7, 11) is 0. The highest BCUT2D eigenvalue weighted by Crippen LogP contribution is 2.29. The van der Waals surface area contributed by atoms with E-state index in [1.807, 2.05) is 4.90 Å². The molecule has 0 unspecified atom stereocenters. The fraction of sp³-hybridized carbons (Fsp3) is 0.692. The number of nitrogens with zero attached hydrogens (tertiary/aromatic N) is 2. The Balaban J connectivity index is 1.79. The van der Waals surface area contributed by atoms with Gasteiger partial charge in [-0.2, -0.15) is 0 Å². The predicted molar refractivity (Wildman–Crippen MR) is 64.3 cm³/mol. The van der Waals surface area contributed by atoms with Crippen LogP contribution in [0.3, 0.4) is 0 Å². The molecule has 1 aliphatic heterocycles. The number of carbonyl (C=O) groups excluding carboxylic acids is 1. The van der Waals surface area contributed by atoms with Gasteiger partial charge in [-0.3, -0.25) is 4.79 Å². The first-order chi connectivity index (χ1) is 8.75. The van der Waals surface area contributed by atoms with Gasteiger partial charge in [-0.05, 0) is 19.8 Å². The van der Waals surface area contributed by atoms with Crippen LogP contribution in [0.25, 0.3) is 0 Å². The third-order valence-corrected chi connectivity index (χ3v) is 3.84. The number of ether oxygens (including phenoxy) is 1. The largest absolute Gasteiger partial charge is 0.374 e. The minimum Gasteiger partial charge on any atom is -0.374 e. The number of hydrogen-bond donors (Lipinski definition) is 0. The predicted octanol–water partition coefficient (Wildman–Crippen LogP) is 1.77. The molecule has 2 aliphatic rings. The molecular weight excluding hydrogens is 232 g/mol. The minimum absolute atomic E-state index is 0.0212. The third-order valence-electron chi connectivity index (χ3n) is 3.84. The van der Waals surface area contributed by atoms with Gasteiger partial charge in [0.05, 0.1) is 18.8 Å².